The van der Waals surface area contributed by atoms with Gasteiger partial charge in [0.05, 0.1) is 7.11 Å². The number of aliphatic carboxylic acids is 1. The largest absolute Gasteiger partial charge is 0.496 e. The van der Waals surface area contributed by atoms with Gasteiger partial charge in [-0.25, -0.2) is 4.79 Å². The normalized spacial score (nSPS) is 13.1. The third kappa shape index (κ3) is 5.27. The first kappa shape index (κ1) is 19.5. The summed E-state index contributed by atoms with van der Waals surface area (Å²) in [6.07, 6.45) is 11.3. The highest BCUT2D eigenvalue weighted by Crippen LogP contribution is 2.28. The standard InChI is InChI=1S/C21H26O3/c1-14(9-7-8-10-15(2)21(22)23)11-12-19-16(3)13-20(24-6)18(5)17(19)4/h7-13H,1-6H3,(H,22,23)/b8-7+,12-11+,14-9+,15-10+. The maximum atomic E-state index is 10.7. The number of ether oxygens (including phenoxy) is 1. The lowest BCUT2D eigenvalue weighted by Gasteiger charge is -2.13. The van der Waals surface area contributed by atoms with Crippen LogP contribution in [0, 0.1) is 20.8 Å². The molecular weight excluding hydrogens is 300 g/mol. The average molecular weight is 326 g/mol. The zero-order valence-electron chi connectivity index (χ0n) is 15.3. The summed E-state index contributed by atoms with van der Waals surface area (Å²) in [7, 11) is 1.69. The number of carboxylic acid groups (broad SMARTS) is 1. The maximum absolute atomic E-state index is 10.7. The van der Waals surface area contributed by atoms with Gasteiger partial charge in [-0.1, -0.05) is 42.0 Å². The molecule has 0 fully saturated rings. The van der Waals surface area contributed by atoms with Crippen LogP contribution in [0.3, 0.4) is 0 Å². The SMILES string of the molecule is COc1cc(C)c(/C=C/C(C)=C/C=C/C=C(\C)C(=O)O)c(C)c1C. The second-order valence-corrected chi connectivity index (χ2v) is 5.84. The van der Waals surface area contributed by atoms with E-state index in [-0.39, 0.29) is 0 Å². The van der Waals surface area contributed by atoms with Crippen LogP contribution in [0.25, 0.3) is 6.08 Å². The molecule has 0 saturated carbocycles. The molecule has 0 aliphatic heterocycles. The first-order valence-corrected chi connectivity index (χ1v) is 7.86. The van der Waals surface area contributed by atoms with Gasteiger partial charge in [0.15, 0.2) is 0 Å². The van der Waals surface area contributed by atoms with E-state index in [4.69, 9.17) is 9.84 Å². The maximum Gasteiger partial charge on any atom is 0.331 e. The van der Waals surface area contributed by atoms with Crippen molar-refractivity contribution in [3.05, 3.63) is 69.8 Å². The Morgan fingerprint density at radius 2 is 1.71 bits per heavy atom. The molecule has 0 spiro atoms. The van der Waals surface area contributed by atoms with E-state index in [0.29, 0.717) is 5.57 Å². The number of hydrogen-bond acceptors (Lipinski definition) is 2. The molecule has 24 heavy (non-hydrogen) atoms. The number of benzene rings is 1. The Morgan fingerprint density at radius 3 is 2.29 bits per heavy atom. The third-order valence-electron chi connectivity index (χ3n) is 4.00. The zero-order chi connectivity index (χ0) is 18.3. The predicted molar refractivity (Wildman–Crippen MR) is 101 cm³/mol. The Morgan fingerprint density at radius 1 is 1.08 bits per heavy atom. The molecule has 0 unspecified atom stereocenters. The molecule has 0 aromatic heterocycles. The monoisotopic (exact) mass is 326 g/mol. The summed E-state index contributed by atoms with van der Waals surface area (Å²) in [4.78, 5) is 10.7. The van der Waals surface area contributed by atoms with Crippen LogP contribution in [0.1, 0.15) is 36.1 Å². The number of carbonyl (C=O) groups is 1. The molecule has 0 atom stereocenters. The molecule has 1 aromatic rings. The van der Waals surface area contributed by atoms with Gasteiger partial charge in [-0.15, -0.1) is 0 Å². The Labute approximate surface area is 144 Å². The van der Waals surface area contributed by atoms with Gasteiger partial charge in [-0.3, -0.25) is 0 Å². The van der Waals surface area contributed by atoms with Crippen molar-refractivity contribution in [1.29, 1.82) is 0 Å². The van der Waals surface area contributed by atoms with Crippen molar-refractivity contribution in [1.82, 2.24) is 0 Å². The van der Waals surface area contributed by atoms with E-state index >= 15 is 0 Å². The van der Waals surface area contributed by atoms with Crippen LogP contribution in [-0.4, -0.2) is 18.2 Å². The molecule has 0 radical (unpaired) electrons. The Balaban J connectivity index is 2.95. The molecule has 0 heterocycles. The summed E-state index contributed by atoms with van der Waals surface area (Å²) >= 11 is 0. The summed E-state index contributed by atoms with van der Waals surface area (Å²) in [5, 5.41) is 8.77. The van der Waals surface area contributed by atoms with Crippen LogP contribution in [-0.2, 0) is 4.79 Å². The molecule has 3 heteroatoms. The molecule has 0 aliphatic carbocycles. The van der Waals surface area contributed by atoms with Gasteiger partial charge >= 0.3 is 5.97 Å². The molecule has 1 N–H and O–H groups in total. The number of rotatable bonds is 6. The van der Waals surface area contributed by atoms with E-state index in [1.54, 1.807) is 26.2 Å². The lowest BCUT2D eigenvalue weighted by Crippen LogP contribution is -1.95. The Hall–Kier alpha value is -2.55. The van der Waals surface area contributed by atoms with E-state index in [1.165, 1.54) is 16.7 Å². The lowest BCUT2D eigenvalue weighted by molar-refractivity contribution is -0.132. The van der Waals surface area contributed by atoms with Gasteiger partial charge in [-0.05, 0) is 62.9 Å². The van der Waals surface area contributed by atoms with E-state index in [1.807, 2.05) is 19.1 Å². The average Bonchev–Trinajstić information content (AvgIpc) is 2.54. The van der Waals surface area contributed by atoms with Crippen molar-refractivity contribution in [3.63, 3.8) is 0 Å². The summed E-state index contributed by atoms with van der Waals surface area (Å²) < 4.78 is 5.40. The van der Waals surface area contributed by atoms with Gasteiger partial charge < -0.3 is 9.84 Å². The molecular formula is C21H26O3. The molecule has 0 amide bonds. The van der Waals surface area contributed by atoms with Crippen LogP contribution < -0.4 is 4.74 Å². The Kier molecular flexibility index (Phi) is 7.25. The number of hydrogen-bond donors (Lipinski definition) is 1. The number of methoxy groups -OCH3 is 1. The van der Waals surface area contributed by atoms with Crippen LogP contribution >= 0.6 is 0 Å². The molecule has 0 bridgehead atoms. The molecule has 1 rings (SSSR count). The van der Waals surface area contributed by atoms with Gasteiger partial charge in [0, 0.05) is 5.57 Å². The van der Waals surface area contributed by atoms with Crippen LogP contribution in [0.15, 0.2) is 47.6 Å². The van der Waals surface area contributed by atoms with Crippen molar-refractivity contribution in [3.8, 4) is 5.75 Å². The summed E-state index contributed by atoms with van der Waals surface area (Å²) in [6, 6.07) is 2.06. The lowest BCUT2D eigenvalue weighted by atomic mass is 9.96. The fraction of sp³-hybridized carbons (Fsp3) is 0.286. The first-order valence-electron chi connectivity index (χ1n) is 7.86. The molecule has 0 aliphatic rings. The second-order valence-electron chi connectivity index (χ2n) is 5.84. The van der Waals surface area contributed by atoms with E-state index in [2.05, 4.69) is 39.0 Å². The summed E-state index contributed by atoms with van der Waals surface area (Å²) in [5.41, 5.74) is 6.14. The van der Waals surface area contributed by atoms with Gasteiger partial charge in [0.25, 0.3) is 0 Å². The highest BCUT2D eigenvalue weighted by atomic mass is 16.5. The van der Waals surface area contributed by atoms with Crippen molar-refractivity contribution < 1.29 is 14.6 Å². The van der Waals surface area contributed by atoms with Gasteiger partial charge in [0.1, 0.15) is 5.75 Å². The first-order chi connectivity index (χ1) is 11.3. The minimum Gasteiger partial charge on any atom is -0.496 e. The van der Waals surface area contributed by atoms with E-state index in [0.717, 1.165) is 16.9 Å². The van der Waals surface area contributed by atoms with Crippen molar-refractivity contribution >= 4 is 12.0 Å². The topological polar surface area (TPSA) is 46.5 Å². The number of allylic oxidation sites excluding steroid dienone is 6. The summed E-state index contributed by atoms with van der Waals surface area (Å²) in [5.74, 6) is 0.0130. The molecule has 128 valence electrons. The number of carboxylic acids is 1. The minimum atomic E-state index is -0.902. The molecule has 3 nitrogen and oxygen atoms in total. The van der Waals surface area contributed by atoms with Crippen molar-refractivity contribution in [2.75, 3.05) is 7.11 Å². The van der Waals surface area contributed by atoms with E-state index in [9.17, 15) is 4.79 Å². The van der Waals surface area contributed by atoms with Crippen LogP contribution in [0.5, 0.6) is 5.75 Å². The summed E-state index contributed by atoms with van der Waals surface area (Å²) in [6.45, 7) is 9.82. The van der Waals surface area contributed by atoms with Crippen molar-refractivity contribution in [2.45, 2.75) is 34.6 Å². The Bertz CT molecular complexity index is 732. The highest BCUT2D eigenvalue weighted by molar-refractivity contribution is 5.86. The van der Waals surface area contributed by atoms with Crippen molar-refractivity contribution in [2.24, 2.45) is 0 Å². The quantitative estimate of drug-likeness (QED) is 0.579. The highest BCUT2D eigenvalue weighted by Gasteiger charge is 2.08. The minimum absolute atomic E-state index is 0.313. The second kappa shape index (κ2) is 8.92. The smallest absolute Gasteiger partial charge is 0.331 e. The zero-order valence-corrected chi connectivity index (χ0v) is 15.3. The fourth-order valence-corrected chi connectivity index (χ4v) is 2.28. The third-order valence-corrected chi connectivity index (χ3v) is 4.00. The molecule has 1 aromatic carbocycles. The predicted octanol–water partition coefficient (Wildman–Crippen LogP) is 5.17. The van der Waals surface area contributed by atoms with Gasteiger partial charge in [-0.2, -0.15) is 0 Å². The van der Waals surface area contributed by atoms with E-state index < -0.39 is 5.97 Å². The van der Waals surface area contributed by atoms with Crippen LogP contribution in [0.2, 0.25) is 0 Å². The molecule has 0 saturated heterocycles. The van der Waals surface area contributed by atoms with Crippen LogP contribution in [0.4, 0.5) is 0 Å². The van der Waals surface area contributed by atoms with Gasteiger partial charge in [0.2, 0.25) is 0 Å². The fourth-order valence-electron chi connectivity index (χ4n) is 2.28. The number of aryl methyl sites for hydroxylation is 1.